The number of carbonyl (C=O) groups excluding carboxylic acids is 1. The van der Waals surface area contributed by atoms with E-state index in [2.05, 4.69) is 5.32 Å². The number of carboxylic acids is 1. The molecule has 1 aromatic heterocycles. The van der Waals surface area contributed by atoms with Crippen molar-refractivity contribution < 1.29 is 14.7 Å². The van der Waals surface area contributed by atoms with Crippen molar-refractivity contribution >= 4 is 64.7 Å². The van der Waals surface area contributed by atoms with Gasteiger partial charge in [-0.2, -0.15) is 0 Å². The summed E-state index contributed by atoms with van der Waals surface area (Å²) in [4.78, 5) is 35.8. The van der Waals surface area contributed by atoms with Crippen LogP contribution in [0.1, 0.15) is 10.4 Å². The van der Waals surface area contributed by atoms with Crippen LogP contribution in [0.25, 0.3) is 9.65 Å². The van der Waals surface area contributed by atoms with E-state index in [1.807, 2.05) is 36.4 Å². The number of aliphatic carboxylic acids is 1. The van der Waals surface area contributed by atoms with E-state index in [0.29, 0.717) is 24.4 Å². The predicted octanol–water partition coefficient (Wildman–Crippen LogP) is -0.122. The van der Waals surface area contributed by atoms with Gasteiger partial charge in [-0.25, -0.2) is 0 Å². The molecule has 0 aliphatic carbocycles. The van der Waals surface area contributed by atoms with Crippen LogP contribution >= 0.6 is 10.2 Å². The number of nitrogens with zero attached hydrogens (tertiary/aromatic N) is 1. The SMILES string of the molecule is NC(CS[Se]c1ccccc1C(=O)NCCn1[se]c2ccccc2c1=O)C(=O)O. The Kier molecular flexibility index (Phi) is 7.77. The third kappa shape index (κ3) is 5.63. The Bertz CT molecular complexity index is 1080. The maximum absolute atomic E-state index is 12.6. The van der Waals surface area contributed by atoms with Gasteiger partial charge in [0.2, 0.25) is 0 Å². The van der Waals surface area contributed by atoms with Crippen LogP contribution in [0.2, 0.25) is 0 Å². The molecule has 0 bridgehead atoms. The molecule has 0 radical (unpaired) electrons. The molecule has 0 aliphatic heterocycles. The summed E-state index contributed by atoms with van der Waals surface area (Å²) in [7, 11) is 1.44. The van der Waals surface area contributed by atoms with Gasteiger partial charge < -0.3 is 0 Å². The van der Waals surface area contributed by atoms with Gasteiger partial charge in [0.25, 0.3) is 0 Å². The van der Waals surface area contributed by atoms with Crippen molar-refractivity contribution in [3.8, 4) is 0 Å². The number of carbonyl (C=O) groups is 2. The van der Waals surface area contributed by atoms with E-state index in [-0.39, 0.29) is 40.0 Å². The molecule has 0 aliphatic rings. The molecule has 1 atom stereocenters. The van der Waals surface area contributed by atoms with E-state index >= 15 is 0 Å². The Morgan fingerprint density at radius 1 is 1.21 bits per heavy atom. The number of amides is 1. The van der Waals surface area contributed by atoms with Gasteiger partial charge in [0.1, 0.15) is 0 Å². The molecule has 29 heavy (non-hydrogen) atoms. The zero-order valence-electron chi connectivity index (χ0n) is 15.2. The van der Waals surface area contributed by atoms with Gasteiger partial charge in [0.05, 0.1) is 0 Å². The standard InChI is InChI=1S/C19H19N3O4SSe2/c20-14(19(25)26)11-27-29-16-8-4-1-5-12(16)17(23)21-9-10-22-18(24)13-6-2-3-7-15(13)28-22/h1-8,14H,9-11,20H2,(H,21,23)(H,25,26). The minimum absolute atomic E-state index is 0.0183. The molecule has 0 saturated carbocycles. The molecule has 0 saturated heterocycles. The van der Waals surface area contributed by atoms with Crippen LogP contribution < -0.4 is 21.1 Å². The first-order valence-corrected chi connectivity index (χ1v) is 14.2. The number of fused-ring (bicyclic) bond motifs is 1. The van der Waals surface area contributed by atoms with E-state index in [9.17, 15) is 14.4 Å². The molecule has 1 amide bonds. The number of rotatable bonds is 9. The average Bonchev–Trinajstić information content (AvgIpc) is 3.04. The monoisotopic (exact) mass is 545 g/mol. The van der Waals surface area contributed by atoms with Gasteiger partial charge >= 0.3 is 183 Å². The molecule has 1 unspecified atom stereocenters. The summed E-state index contributed by atoms with van der Waals surface area (Å²) >= 11 is -0.185. The minimum atomic E-state index is -1.03. The van der Waals surface area contributed by atoms with Crippen molar-refractivity contribution in [2.75, 3.05) is 12.3 Å². The summed E-state index contributed by atoms with van der Waals surface area (Å²) in [5, 5.41) is 12.5. The van der Waals surface area contributed by atoms with Crippen molar-refractivity contribution in [1.82, 2.24) is 8.88 Å². The molecule has 0 spiro atoms. The molecule has 2 aromatic carbocycles. The third-order valence-corrected chi connectivity index (χ3v) is 10.6. The summed E-state index contributed by atoms with van der Waals surface area (Å²) in [5.74, 6) is -0.924. The molecule has 0 fully saturated rings. The second kappa shape index (κ2) is 10.3. The Labute approximate surface area is 182 Å². The molecule has 1 heterocycles. The summed E-state index contributed by atoms with van der Waals surface area (Å²) in [6.45, 7) is 0.841. The van der Waals surface area contributed by atoms with Crippen molar-refractivity contribution in [2.24, 2.45) is 5.73 Å². The van der Waals surface area contributed by atoms with Crippen molar-refractivity contribution in [2.45, 2.75) is 12.6 Å². The van der Waals surface area contributed by atoms with Crippen molar-refractivity contribution in [1.29, 1.82) is 0 Å². The first-order valence-electron chi connectivity index (χ1n) is 8.71. The van der Waals surface area contributed by atoms with Crippen LogP contribution in [-0.4, -0.2) is 67.5 Å². The molecular weight excluding hydrogens is 524 g/mol. The summed E-state index contributed by atoms with van der Waals surface area (Å²) in [6.07, 6.45) is 0. The Balaban J connectivity index is 1.58. The molecule has 10 heteroatoms. The van der Waals surface area contributed by atoms with E-state index in [1.54, 1.807) is 15.7 Å². The first kappa shape index (κ1) is 21.9. The fourth-order valence-corrected chi connectivity index (χ4v) is 8.78. The van der Waals surface area contributed by atoms with Gasteiger partial charge in [-0.3, -0.25) is 0 Å². The van der Waals surface area contributed by atoms with Gasteiger partial charge in [-0.1, -0.05) is 0 Å². The van der Waals surface area contributed by atoms with Crippen LogP contribution in [0.5, 0.6) is 0 Å². The summed E-state index contributed by atoms with van der Waals surface area (Å²) in [5.41, 5.74) is 6.12. The van der Waals surface area contributed by atoms with Gasteiger partial charge in [0.15, 0.2) is 0 Å². The van der Waals surface area contributed by atoms with E-state index < -0.39 is 12.0 Å². The number of nitrogens with one attached hydrogen (secondary N) is 1. The van der Waals surface area contributed by atoms with Crippen LogP contribution in [0.15, 0.2) is 53.3 Å². The van der Waals surface area contributed by atoms with Gasteiger partial charge in [-0.15, -0.1) is 0 Å². The maximum atomic E-state index is 12.6. The van der Waals surface area contributed by atoms with Crippen LogP contribution in [0.4, 0.5) is 0 Å². The first-order chi connectivity index (χ1) is 14.0. The zero-order valence-corrected chi connectivity index (χ0v) is 19.5. The topological polar surface area (TPSA) is 114 Å². The second-order valence-electron chi connectivity index (χ2n) is 6.06. The summed E-state index contributed by atoms with van der Waals surface area (Å²) in [6, 6.07) is 14.0. The van der Waals surface area contributed by atoms with Crippen molar-refractivity contribution in [3.63, 3.8) is 0 Å². The molecule has 3 rings (SSSR count). The van der Waals surface area contributed by atoms with Crippen molar-refractivity contribution in [3.05, 3.63) is 64.4 Å². The van der Waals surface area contributed by atoms with Gasteiger partial charge in [-0.05, 0) is 0 Å². The average molecular weight is 543 g/mol. The fourth-order valence-electron chi connectivity index (χ4n) is 2.50. The summed E-state index contributed by atoms with van der Waals surface area (Å²) < 4.78 is 3.74. The number of hydrogen-bond donors (Lipinski definition) is 3. The van der Waals surface area contributed by atoms with Crippen LogP contribution in [0, 0.1) is 0 Å². The fraction of sp³-hybridized carbons (Fsp3) is 0.211. The number of aromatic nitrogens is 1. The Hall–Kier alpha value is -1.80. The molecular formula is C19H19N3O4SSe2. The molecule has 3 aromatic rings. The number of hydrogen-bond acceptors (Lipinski definition) is 5. The quantitative estimate of drug-likeness (QED) is 0.325. The van der Waals surface area contributed by atoms with E-state index in [4.69, 9.17) is 10.8 Å². The van der Waals surface area contributed by atoms with Crippen LogP contribution in [0.3, 0.4) is 0 Å². The molecule has 7 nitrogen and oxygen atoms in total. The number of carboxylic acid groups (broad SMARTS) is 1. The normalized spacial score (nSPS) is 12.0. The second-order valence-corrected chi connectivity index (χ2v) is 12.5. The molecule has 152 valence electrons. The van der Waals surface area contributed by atoms with Gasteiger partial charge in [0, 0.05) is 0 Å². The third-order valence-electron chi connectivity index (χ3n) is 4.00. The predicted molar refractivity (Wildman–Crippen MR) is 117 cm³/mol. The van der Waals surface area contributed by atoms with Crippen LogP contribution in [-0.2, 0) is 11.3 Å². The zero-order chi connectivity index (χ0) is 20.8. The van der Waals surface area contributed by atoms with E-state index in [0.717, 1.165) is 14.1 Å². The Morgan fingerprint density at radius 2 is 1.93 bits per heavy atom. The molecule has 4 N–H and O–H groups in total. The number of benzene rings is 2. The Morgan fingerprint density at radius 3 is 2.69 bits per heavy atom. The van der Waals surface area contributed by atoms with E-state index in [1.165, 1.54) is 10.2 Å². The number of nitrogens with two attached hydrogens (primary N) is 1.